The Morgan fingerprint density at radius 3 is 3.19 bits per heavy atom. The Morgan fingerprint density at radius 1 is 1.38 bits per heavy atom. The molecule has 4 rings (SSSR count). The number of aryl methyl sites for hydroxylation is 1. The molecule has 1 unspecified atom stereocenters. The molecule has 4 heteroatoms. The Balaban J connectivity index is 1.51. The fourth-order valence-corrected chi connectivity index (χ4v) is 3.78. The first-order valence-electron chi connectivity index (χ1n) is 7.40. The third-order valence-corrected chi connectivity index (χ3v) is 5.00. The van der Waals surface area contributed by atoms with Crippen molar-refractivity contribution in [1.29, 1.82) is 0 Å². The van der Waals surface area contributed by atoms with Crippen molar-refractivity contribution in [3.8, 4) is 0 Å². The van der Waals surface area contributed by atoms with Gasteiger partial charge < -0.3 is 4.42 Å². The number of aromatic nitrogens is 1. The summed E-state index contributed by atoms with van der Waals surface area (Å²) >= 11 is 1.83. The maximum absolute atomic E-state index is 5.96. The lowest BCUT2D eigenvalue weighted by atomic mass is 10.1. The highest BCUT2D eigenvalue weighted by molar-refractivity contribution is 7.09. The van der Waals surface area contributed by atoms with Crippen LogP contribution in [0.5, 0.6) is 0 Å². The molecule has 1 aromatic carbocycles. The fraction of sp³-hybridized carbons (Fsp3) is 0.353. The van der Waals surface area contributed by atoms with Crippen LogP contribution in [-0.4, -0.2) is 23.0 Å². The molecule has 1 fully saturated rings. The smallest absolute Gasteiger partial charge is 0.199 e. The van der Waals surface area contributed by atoms with Crippen molar-refractivity contribution in [3.63, 3.8) is 0 Å². The Kier molecular flexibility index (Phi) is 3.28. The van der Waals surface area contributed by atoms with Crippen LogP contribution in [0.25, 0.3) is 11.1 Å². The van der Waals surface area contributed by atoms with Gasteiger partial charge in [-0.1, -0.05) is 12.1 Å². The zero-order valence-electron chi connectivity index (χ0n) is 12.1. The normalized spacial score (nSPS) is 19.6. The molecule has 3 nitrogen and oxygen atoms in total. The van der Waals surface area contributed by atoms with E-state index in [4.69, 9.17) is 9.40 Å². The van der Waals surface area contributed by atoms with Crippen LogP contribution >= 0.6 is 11.3 Å². The summed E-state index contributed by atoms with van der Waals surface area (Å²) in [6, 6.07) is 10.5. The van der Waals surface area contributed by atoms with Crippen molar-refractivity contribution in [2.24, 2.45) is 0 Å². The van der Waals surface area contributed by atoms with Gasteiger partial charge in [-0.3, -0.25) is 4.90 Å². The number of nitrogens with zero attached hydrogens (tertiary/aromatic N) is 2. The SMILES string of the molecule is Cc1ccc2oc(C3CCN(Cc4cccs4)C3)nc2c1. The van der Waals surface area contributed by atoms with Crippen molar-refractivity contribution >= 4 is 22.4 Å². The molecule has 0 bridgehead atoms. The maximum atomic E-state index is 5.96. The van der Waals surface area contributed by atoms with Crippen LogP contribution < -0.4 is 0 Å². The standard InChI is InChI=1S/C17H18N2OS/c1-12-4-5-16-15(9-12)18-17(20-16)13-6-7-19(10-13)11-14-3-2-8-21-14/h2-5,8-9,13H,6-7,10-11H2,1H3. The second-order valence-corrected chi connectivity index (χ2v) is 6.86. The first kappa shape index (κ1) is 13.0. The van der Waals surface area contributed by atoms with E-state index in [2.05, 4.69) is 41.5 Å². The molecular weight excluding hydrogens is 280 g/mol. The Labute approximate surface area is 128 Å². The molecule has 0 amide bonds. The highest BCUT2D eigenvalue weighted by Gasteiger charge is 2.27. The second-order valence-electron chi connectivity index (χ2n) is 5.82. The van der Waals surface area contributed by atoms with E-state index in [1.807, 2.05) is 17.4 Å². The molecule has 0 saturated carbocycles. The Bertz CT molecular complexity index is 747. The number of fused-ring (bicyclic) bond motifs is 1. The molecule has 3 aromatic rings. The highest BCUT2D eigenvalue weighted by Crippen LogP contribution is 2.30. The molecule has 1 aliphatic heterocycles. The van der Waals surface area contributed by atoms with Gasteiger partial charge in [0.25, 0.3) is 0 Å². The second kappa shape index (κ2) is 5.28. The minimum Gasteiger partial charge on any atom is -0.440 e. The molecule has 1 saturated heterocycles. The van der Waals surface area contributed by atoms with E-state index in [1.54, 1.807) is 0 Å². The molecule has 2 aromatic heterocycles. The van der Waals surface area contributed by atoms with Crippen LogP contribution in [0.2, 0.25) is 0 Å². The topological polar surface area (TPSA) is 29.3 Å². The van der Waals surface area contributed by atoms with E-state index in [-0.39, 0.29) is 0 Å². The summed E-state index contributed by atoms with van der Waals surface area (Å²) in [6.45, 7) is 5.31. The third kappa shape index (κ3) is 2.61. The lowest BCUT2D eigenvalue weighted by Crippen LogP contribution is -2.19. The first-order valence-corrected chi connectivity index (χ1v) is 8.28. The Hall–Kier alpha value is -1.65. The molecular formula is C17H18N2OS. The third-order valence-electron chi connectivity index (χ3n) is 4.14. The average Bonchev–Trinajstić information content (AvgIpc) is 3.18. The summed E-state index contributed by atoms with van der Waals surface area (Å²) in [5.41, 5.74) is 3.13. The van der Waals surface area contributed by atoms with Gasteiger partial charge in [0.05, 0.1) is 0 Å². The molecule has 0 radical (unpaired) electrons. The number of benzene rings is 1. The average molecular weight is 298 g/mol. The molecule has 108 valence electrons. The van der Waals surface area contributed by atoms with E-state index >= 15 is 0 Å². The van der Waals surface area contributed by atoms with Gasteiger partial charge in [0.15, 0.2) is 11.5 Å². The number of rotatable bonds is 3. The molecule has 0 spiro atoms. The van der Waals surface area contributed by atoms with Crippen LogP contribution in [-0.2, 0) is 6.54 Å². The van der Waals surface area contributed by atoms with Gasteiger partial charge in [-0.15, -0.1) is 11.3 Å². The molecule has 1 aliphatic rings. The molecule has 0 N–H and O–H groups in total. The van der Waals surface area contributed by atoms with E-state index in [9.17, 15) is 0 Å². The monoisotopic (exact) mass is 298 g/mol. The van der Waals surface area contributed by atoms with Crippen LogP contribution in [0.1, 0.15) is 28.7 Å². The van der Waals surface area contributed by atoms with Crippen molar-refractivity contribution < 1.29 is 4.42 Å². The molecule has 1 atom stereocenters. The van der Waals surface area contributed by atoms with Crippen molar-refractivity contribution in [1.82, 2.24) is 9.88 Å². The van der Waals surface area contributed by atoms with Gasteiger partial charge in [-0.25, -0.2) is 4.98 Å². The highest BCUT2D eigenvalue weighted by atomic mass is 32.1. The van der Waals surface area contributed by atoms with E-state index in [0.717, 1.165) is 43.0 Å². The van der Waals surface area contributed by atoms with Crippen LogP contribution in [0.4, 0.5) is 0 Å². The predicted molar refractivity (Wildman–Crippen MR) is 85.7 cm³/mol. The van der Waals surface area contributed by atoms with Gasteiger partial charge in [-0.2, -0.15) is 0 Å². The number of hydrogen-bond donors (Lipinski definition) is 0. The minimum atomic E-state index is 0.428. The first-order chi connectivity index (χ1) is 10.3. The number of likely N-dealkylation sites (tertiary alicyclic amines) is 1. The van der Waals surface area contributed by atoms with E-state index in [0.29, 0.717) is 5.92 Å². The Morgan fingerprint density at radius 2 is 2.33 bits per heavy atom. The largest absolute Gasteiger partial charge is 0.440 e. The van der Waals surface area contributed by atoms with Crippen molar-refractivity contribution in [2.75, 3.05) is 13.1 Å². The number of oxazole rings is 1. The predicted octanol–water partition coefficient (Wildman–Crippen LogP) is 4.19. The molecule has 3 heterocycles. The van der Waals surface area contributed by atoms with Crippen molar-refractivity contribution in [2.45, 2.75) is 25.8 Å². The van der Waals surface area contributed by atoms with Crippen molar-refractivity contribution in [3.05, 3.63) is 52.0 Å². The van der Waals surface area contributed by atoms with Gasteiger partial charge in [0.2, 0.25) is 0 Å². The summed E-state index contributed by atoms with van der Waals surface area (Å²) in [4.78, 5) is 8.63. The van der Waals surface area contributed by atoms with Crippen LogP contribution in [0.15, 0.2) is 40.1 Å². The minimum absolute atomic E-state index is 0.428. The summed E-state index contributed by atoms with van der Waals surface area (Å²) in [7, 11) is 0. The van der Waals surface area contributed by atoms with Gasteiger partial charge in [0.1, 0.15) is 5.52 Å². The maximum Gasteiger partial charge on any atom is 0.199 e. The lowest BCUT2D eigenvalue weighted by Gasteiger charge is -2.13. The summed E-state index contributed by atoms with van der Waals surface area (Å²) in [6.07, 6.45) is 1.14. The zero-order chi connectivity index (χ0) is 14.2. The lowest BCUT2D eigenvalue weighted by molar-refractivity contribution is 0.323. The summed E-state index contributed by atoms with van der Waals surface area (Å²) in [5, 5.41) is 2.14. The summed E-state index contributed by atoms with van der Waals surface area (Å²) < 4.78 is 5.96. The van der Waals surface area contributed by atoms with Crippen LogP contribution in [0.3, 0.4) is 0 Å². The van der Waals surface area contributed by atoms with Gasteiger partial charge in [0, 0.05) is 23.9 Å². The van der Waals surface area contributed by atoms with E-state index in [1.165, 1.54) is 10.4 Å². The van der Waals surface area contributed by atoms with Gasteiger partial charge >= 0.3 is 0 Å². The van der Waals surface area contributed by atoms with Gasteiger partial charge in [-0.05, 0) is 49.0 Å². The number of hydrogen-bond acceptors (Lipinski definition) is 4. The van der Waals surface area contributed by atoms with E-state index < -0.39 is 0 Å². The summed E-state index contributed by atoms with van der Waals surface area (Å²) in [5.74, 6) is 1.34. The zero-order valence-corrected chi connectivity index (χ0v) is 12.9. The number of thiophene rings is 1. The quantitative estimate of drug-likeness (QED) is 0.726. The molecule has 21 heavy (non-hydrogen) atoms. The molecule has 0 aliphatic carbocycles. The van der Waals surface area contributed by atoms with Crippen LogP contribution in [0, 0.1) is 6.92 Å². The fourth-order valence-electron chi connectivity index (χ4n) is 3.03.